The van der Waals surface area contributed by atoms with Gasteiger partial charge in [-0.2, -0.15) is 0 Å². The molecule has 0 fully saturated rings. The van der Waals surface area contributed by atoms with Crippen LogP contribution in [-0.2, 0) is 9.63 Å². The van der Waals surface area contributed by atoms with Gasteiger partial charge >= 0.3 is 0 Å². The summed E-state index contributed by atoms with van der Waals surface area (Å²) in [6.45, 7) is 7.02. The van der Waals surface area contributed by atoms with Crippen molar-refractivity contribution in [1.82, 2.24) is 5.48 Å². The smallest absolute Gasteiger partial charge is 0.270 e. The van der Waals surface area contributed by atoms with Crippen LogP contribution in [0.5, 0.6) is 0 Å². The second-order valence-corrected chi connectivity index (χ2v) is 4.04. The Morgan fingerprint density at radius 3 is 2.14 bits per heavy atom. The van der Waals surface area contributed by atoms with Crippen molar-refractivity contribution in [2.24, 2.45) is 0 Å². The van der Waals surface area contributed by atoms with E-state index in [-0.39, 0.29) is 24.5 Å². The van der Waals surface area contributed by atoms with Gasteiger partial charge in [-0.25, -0.2) is 10.3 Å². The van der Waals surface area contributed by atoms with Crippen molar-refractivity contribution in [1.29, 1.82) is 0 Å². The molecule has 0 aliphatic heterocycles. The number of halogens is 1. The van der Waals surface area contributed by atoms with Crippen LogP contribution in [0, 0.1) is 0 Å². The van der Waals surface area contributed by atoms with E-state index < -0.39 is 0 Å². The lowest BCUT2D eigenvalue weighted by atomic mass is 10.3. The number of nitrogens with one attached hydrogen (secondary N) is 1. The van der Waals surface area contributed by atoms with Gasteiger partial charge in [0.1, 0.15) is 0 Å². The van der Waals surface area contributed by atoms with Crippen molar-refractivity contribution in [3.63, 3.8) is 0 Å². The number of amides is 1. The fraction of sp³-hybridized carbons (Fsp3) is 0.667. The van der Waals surface area contributed by atoms with E-state index >= 15 is 0 Å². The number of quaternary nitrogens is 1. The van der Waals surface area contributed by atoms with Crippen LogP contribution in [0.1, 0.15) is 13.8 Å². The largest absolute Gasteiger partial charge is 1.00 e. The highest BCUT2D eigenvalue weighted by atomic mass is 35.5. The van der Waals surface area contributed by atoms with Crippen LogP contribution < -0.4 is 17.9 Å². The van der Waals surface area contributed by atoms with Crippen molar-refractivity contribution < 1.29 is 26.5 Å². The Labute approximate surface area is 91.9 Å². The summed E-state index contributed by atoms with van der Waals surface area (Å²) in [4.78, 5) is 16.2. The van der Waals surface area contributed by atoms with Gasteiger partial charge in [-0.3, -0.25) is 4.79 Å². The number of hydrogen-bond donors (Lipinski definition) is 1. The molecular weight excluding hydrogens is 204 g/mol. The third-order valence-electron chi connectivity index (χ3n) is 1.80. The second-order valence-electron chi connectivity index (χ2n) is 4.04. The summed E-state index contributed by atoms with van der Waals surface area (Å²) < 4.78 is 0.621. The van der Waals surface area contributed by atoms with Crippen molar-refractivity contribution in [3.05, 3.63) is 12.2 Å². The summed E-state index contributed by atoms with van der Waals surface area (Å²) in [5.41, 5.74) is 2.77. The van der Waals surface area contributed by atoms with Crippen molar-refractivity contribution in [2.75, 3.05) is 21.1 Å². The highest BCUT2D eigenvalue weighted by molar-refractivity contribution is 5.91. The van der Waals surface area contributed by atoms with Crippen LogP contribution in [0.25, 0.3) is 0 Å². The Hall–Kier alpha value is -0.580. The van der Waals surface area contributed by atoms with Gasteiger partial charge in [0.05, 0.1) is 21.1 Å². The highest BCUT2D eigenvalue weighted by Gasteiger charge is 2.19. The molecule has 1 atom stereocenters. The molecule has 0 saturated carbocycles. The zero-order valence-corrected chi connectivity index (χ0v) is 10.2. The normalized spacial score (nSPS) is 12.6. The van der Waals surface area contributed by atoms with E-state index in [1.54, 1.807) is 6.92 Å². The number of rotatable bonds is 4. The summed E-state index contributed by atoms with van der Waals surface area (Å²) >= 11 is 0. The van der Waals surface area contributed by atoms with Crippen molar-refractivity contribution in [3.8, 4) is 0 Å². The molecule has 5 heteroatoms. The molecule has 0 aromatic heterocycles. The fourth-order valence-corrected chi connectivity index (χ4v) is 0.384. The molecule has 0 aromatic carbocycles. The Balaban J connectivity index is 0. The molecule has 0 aliphatic rings. The molecule has 14 heavy (non-hydrogen) atoms. The van der Waals surface area contributed by atoms with Gasteiger partial charge in [-0.05, 0) is 6.92 Å². The summed E-state index contributed by atoms with van der Waals surface area (Å²) in [5.74, 6) is -0.278. The van der Waals surface area contributed by atoms with Gasteiger partial charge in [0.2, 0.25) is 6.23 Å². The Morgan fingerprint density at radius 2 is 1.86 bits per heavy atom. The third kappa shape index (κ3) is 5.96. The van der Waals surface area contributed by atoms with Gasteiger partial charge < -0.3 is 16.9 Å². The Morgan fingerprint density at radius 1 is 1.43 bits per heavy atom. The molecule has 0 spiro atoms. The maximum Gasteiger partial charge on any atom is 0.270 e. The van der Waals surface area contributed by atoms with Gasteiger partial charge in [-0.1, -0.05) is 6.58 Å². The van der Waals surface area contributed by atoms with Crippen LogP contribution in [-0.4, -0.2) is 37.8 Å². The summed E-state index contributed by atoms with van der Waals surface area (Å²) in [6.07, 6.45) is -0.0942. The highest BCUT2D eigenvalue weighted by Crippen LogP contribution is 2.01. The molecule has 0 bridgehead atoms. The minimum Gasteiger partial charge on any atom is -1.00 e. The zero-order valence-electron chi connectivity index (χ0n) is 9.43. The lowest BCUT2D eigenvalue weighted by molar-refractivity contribution is -0.919. The van der Waals surface area contributed by atoms with Crippen LogP contribution >= 0.6 is 0 Å². The first kappa shape index (κ1) is 15.9. The van der Waals surface area contributed by atoms with E-state index in [1.807, 2.05) is 28.1 Å². The summed E-state index contributed by atoms with van der Waals surface area (Å²) in [6, 6.07) is 0. The van der Waals surface area contributed by atoms with Gasteiger partial charge in [0.25, 0.3) is 5.91 Å². The van der Waals surface area contributed by atoms with E-state index in [2.05, 4.69) is 12.1 Å². The quantitative estimate of drug-likeness (QED) is 0.251. The maximum atomic E-state index is 11.0. The molecule has 0 rings (SSSR count). The Kier molecular flexibility index (Phi) is 6.81. The molecule has 84 valence electrons. The zero-order chi connectivity index (χ0) is 10.6. The average molecular weight is 223 g/mol. The first-order valence-corrected chi connectivity index (χ1v) is 4.17. The first-order valence-electron chi connectivity index (χ1n) is 4.17. The molecule has 0 saturated heterocycles. The number of carbonyl (C=O) groups is 1. The van der Waals surface area contributed by atoms with Crippen LogP contribution in [0.15, 0.2) is 12.2 Å². The minimum absolute atomic E-state index is 0. The lowest BCUT2D eigenvalue weighted by Gasteiger charge is -2.30. The molecule has 1 unspecified atom stereocenters. The molecule has 1 N–H and O–H groups in total. The topological polar surface area (TPSA) is 38.3 Å². The number of carbonyl (C=O) groups excluding carboxylic acids is 1. The van der Waals surface area contributed by atoms with Gasteiger partial charge in [0.15, 0.2) is 0 Å². The minimum atomic E-state index is -0.278. The predicted molar refractivity (Wildman–Crippen MR) is 51.5 cm³/mol. The summed E-state index contributed by atoms with van der Waals surface area (Å²) in [5, 5.41) is 0. The number of nitrogens with zero attached hydrogens (tertiary/aromatic N) is 1. The monoisotopic (exact) mass is 222 g/mol. The van der Waals surface area contributed by atoms with E-state index in [1.165, 1.54) is 0 Å². The number of hydroxylamine groups is 1. The van der Waals surface area contributed by atoms with E-state index in [9.17, 15) is 4.79 Å². The molecule has 0 aliphatic carbocycles. The molecular formula is C9H19ClN2O2. The molecule has 0 aromatic rings. The number of hydrogen-bond acceptors (Lipinski definition) is 2. The van der Waals surface area contributed by atoms with Crippen molar-refractivity contribution >= 4 is 5.91 Å². The average Bonchev–Trinajstić information content (AvgIpc) is 1.97. The van der Waals surface area contributed by atoms with E-state index in [0.717, 1.165) is 0 Å². The summed E-state index contributed by atoms with van der Waals surface area (Å²) in [7, 11) is 5.95. The Bertz CT molecular complexity index is 211. The molecule has 0 heterocycles. The van der Waals surface area contributed by atoms with Gasteiger partial charge in [0, 0.05) is 12.5 Å². The van der Waals surface area contributed by atoms with E-state index in [4.69, 9.17) is 4.84 Å². The first-order chi connectivity index (χ1) is 5.75. The SMILES string of the molecule is C=C(C)C(=O)NOC(C)[N+](C)(C)C.[Cl-]. The van der Waals surface area contributed by atoms with E-state index in [0.29, 0.717) is 10.1 Å². The van der Waals surface area contributed by atoms with Crippen LogP contribution in [0.2, 0.25) is 0 Å². The predicted octanol–water partition coefficient (Wildman–Crippen LogP) is -2.33. The van der Waals surface area contributed by atoms with Gasteiger partial charge in [-0.15, -0.1) is 0 Å². The van der Waals surface area contributed by atoms with Crippen LogP contribution in [0.3, 0.4) is 0 Å². The maximum absolute atomic E-state index is 11.0. The fourth-order valence-electron chi connectivity index (χ4n) is 0.384. The molecule has 1 amide bonds. The third-order valence-corrected chi connectivity index (χ3v) is 1.80. The molecule has 0 radical (unpaired) electrons. The molecule has 4 nitrogen and oxygen atoms in total. The standard InChI is InChI=1S/C9H18N2O2.ClH/c1-7(2)9(12)10-13-8(3)11(4,5)6;/h8H,1H2,2-6H3;1H. The van der Waals surface area contributed by atoms with Crippen molar-refractivity contribution in [2.45, 2.75) is 20.1 Å². The van der Waals surface area contributed by atoms with Crippen LogP contribution in [0.4, 0.5) is 0 Å². The second kappa shape index (κ2) is 6.01. The lowest BCUT2D eigenvalue weighted by Crippen LogP contribution is -3.00.